The molecule has 94 valence electrons. The lowest BCUT2D eigenvalue weighted by Gasteiger charge is -2.24. The number of fused-ring (bicyclic) bond motifs is 1. The molecule has 0 bridgehead atoms. The van der Waals surface area contributed by atoms with Crippen LogP contribution in [-0.2, 0) is 17.9 Å². The van der Waals surface area contributed by atoms with Crippen molar-refractivity contribution in [2.24, 2.45) is 0 Å². The highest BCUT2D eigenvalue weighted by atomic mass is 35.5. The number of rotatable bonds is 4. The van der Waals surface area contributed by atoms with E-state index < -0.39 is 0 Å². The Morgan fingerprint density at radius 3 is 2.76 bits per heavy atom. The van der Waals surface area contributed by atoms with E-state index in [1.807, 2.05) is 12.1 Å². The minimum atomic E-state index is 0.333. The Labute approximate surface area is 107 Å². The monoisotopic (exact) mass is 255 g/mol. The summed E-state index contributed by atoms with van der Waals surface area (Å²) < 4.78 is 10.9. The zero-order valence-electron chi connectivity index (χ0n) is 10.3. The molecule has 0 radical (unpaired) electrons. The van der Waals surface area contributed by atoms with Gasteiger partial charge in [-0.1, -0.05) is 25.4 Å². The van der Waals surface area contributed by atoms with Crippen LogP contribution in [-0.4, -0.2) is 24.8 Å². The number of benzene rings is 1. The predicted molar refractivity (Wildman–Crippen MR) is 68.4 cm³/mol. The van der Waals surface area contributed by atoms with Crippen LogP contribution in [0.3, 0.4) is 0 Å². The minimum absolute atomic E-state index is 0.333. The van der Waals surface area contributed by atoms with E-state index in [1.165, 1.54) is 0 Å². The van der Waals surface area contributed by atoms with Gasteiger partial charge in [0.15, 0.2) is 6.79 Å². The second-order valence-electron chi connectivity index (χ2n) is 4.13. The first kappa shape index (κ1) is 12.7. The van der Waals surface area contributed by atoms with Gasteiger partial charge in [-0.2, -0.15) is 0 Å². The molecule has 0 aliphatic carbocycles. The molecular formula is C13H18ClNO2. The van der Waals surface area contributed by atoms with Gasteiger partial charge in [0.2, 0.25) is 0 Å². The summed E-state index contributed by atoms with van der Waals surface area (Å²) >= 11 is 6.12. The third kappa shape index (κ3) is 2.92. The van der Waals surface area contributed by atoms with Gasteiger partial charge in [-0.15, -0.1) is 0 Å². The van der Waals surface area contributed by atoms with Crippen LogP contribution in [0.5, 0.6) is 5.75 Å². The van der Waals surface area contributed by atoms with E-state index in [0.717, 1.165) is 41.5 Å². The van der Waals surface area contributed by atoms with Crippen molar-refractivity contribution in [3.63, 3.8) is 0 Å². The highest BCUT2D eigenvalue weighted by Gasteiger charge is 2.17. The molecule has 1 aromatic rings. The number of hydrogen-bond donors (Lipinski definition) is 0. The molecular weight excluding hydrogens is 238 g/mol. The lowest BCUT2D eigenvalue weighted by molar-refractivity contribution is -0.0174. The van der Waals surface area contributed by atoms with E-state index in [-0.39, 0.29) is 0 Å². The maximum absolute atomic E-state index is 6.12. The molecule has 1 heterocycles. The van der Waals surface area contributed by atoms with Gasteiger partial charge in [0.25, 0.3) is 0 Å². The van der Waals surface area contributed by atoms with Crippen LogP contribution in [0.4, 0.5) is 0 Å². The summed E-state index contributed by atoms with van der Waals surface area (Å²) in [5, 5.41) is 0.750. The molecule has 1 aliphatic rings. The third-order valence-corrected chi connectivity index (χ3v) is 3.26. The summed E-state index contributed by atoms with van der Waals surface area (Å²) in [4.78, 5) is 2.34. The zero-order chi connectivity index (χ0) is 12.3. The lowest BCUT2D eigenvalue weighted by atomic mass is 10.1. The van der Waals surface area contributed by atoms with Gasteiger partial charge >= 0.3 is 0 Å². The van der Waals surface area contributed by atoms with Gasteiger partial charge in [0.05, 0.1) is 6.61 Å². The van der Waals surface area contributed by atoms with E-state index >= 15 is 0 Å². The quantitative estimate of drug-likeness (QED) is 0.826. The van der Waals surface area contributed by atoms with Crippen molar-refractivity contribution in [2.45, 2.75) is 27.0 Å². The van der Waals surface area contributed by atoms with Crippen molar-refractivity contribution in [3.05, 3.63) is 28.3 Å². The first-order valence-corrected chi connectivity index (χ1v) is 6.36. The van der Waals surface area contributed by atoms with Crippen LogP contribution in [0.25, 0.3) is 0 Å². The van der Waals surface area contributed by atoms with Crippen molar-refractivity contribution in [1.29, 1.82) is 0 Å². The Balaban J connectivity index is 2.28. The van der Waals surface area contributed by atoms with Crippen molar-refractivity contribution in [2.75, 3.05) is 19.9 Å². The summed E-state index contributed by atoms with van der Waals surface area (Å²) in [7, 11) is 0. The average molecular weight is 256 g/mol. The number of hydrogen-bond acceptors (Lipinski definition) is 3. The molecule has 0 fully saturated rings. The van der Waals surface area contributed by atoms with E-state index in [1.54, 1.807) is 0 Å². The molecule has 0 saturated carbocycles. The molecule has 0 saturated heterocycles. The van der Waals surface area contributed by atoms with Crippen molar-refractivity contribution >= 4 is 11.6 Å². The molecule has 4 heteroatoms. The lowest BCUT2D eigenvalue weighted by Crippen LogP contribution is -2.23. The summed E-state index contributed by atoms with van der Waals surface area (Å²) in [6.45, 7) is 8.15. The zero-order valence-corrected chi connectivity index (χ0v) is 11.1. The van der Waals surface area contributed by atoms with Crippen LogP contribution >= 0.6 is 11.6 Å². The second-order valence-corrected chi connectivity index (χ2v) is 4.56. The predicted octanol–water partition coefficient (Wildman–Crippen LogP) is 3.05. The Morgan fingerprint density at radius 1 is 1.29 bits per heavy atom. The van der Waals surface area contributed by atoms with Crippen LogP contribution in [0.2, 0.25) is 5.02 Å². The number of nitrogens with zero attached hydrogens (tertiary/aromatic N) is 1. The highest BCUT2D eigenvalue weighted by molar-refractivity contribution is 6.30. The molecule has 17 heavy (non-hydrogen) atoms. The second kappa shape index (κ2) is 5.71. The fourth-order valence-corrected chi connectivity index (χ4v) is 2.33. The normalized spacial score (nSPS) is 14.6. The molecule has 0 unspecified atom stereocenters. The van der Waals surface area contributed by atoms with Gasteiger partial charge in [0.1, 0.15) is 5.75 Å². The van der Waals surface area contributed by atoms with E-state index in [4.69, 9.17) is 21.1 Å². The van der Waals surface area contributed by atoms with Gasteiger partial charge < -0.3 is 9.47 Å². The smallest absolute Gasteiger partial charge is 0.189 e. The van der Waals surface area contributed by atoms with E-state index in [9.17, 15) is 0 Å². The topological polar surface area (TPSA) is 21.7 Å². The molecule has 2 rings (SSSR count). The fraction of sp³-hybridized carbons (Fsp3) is 0.538. The van der Waals surface area contributed by atoms with Crippen LogP contribution in [0.15, 0.2) is 12.1 Å². The first-order valence-electron chi connectivity index (χ1n) is 5.98. The Bertz CT molecular complexity index is 391. The molecule has 1 aliphatic heterocycles. The minimum Gasteiger partial charge on any atom is -0.467 e. The molecule has 0 spiro atoms. The summed E-state index contributed by atoms with van der Waals surface area (Å²) in [5.74, 6) is 0.951. The van der Waals surface area contributed by atoms with Gasteiger partial charge in [-0.25, -0.2) is 0 Å². The molecule has 0 N–H and O–H groups in total. The molecule has 1 aromatic carbocycles. The number of halogens is 1. The highest BCUT2D eigenvalue weighted by Crippen LogP contribution is 2.32. The van der Waals surface area contributed by atoms with Crippen LogP contribution in [0, 0.1) is 0 Å². The van der Waals surface area contributed by atoms with E-state index in [2.05, 4.69) is 18.7 Å². The van der Waals surface area contributed by atoms with Crippen LogP contribution < -0.4 is 4.74 Å². The Kier molecular flexibility index (Phi) is 4.26. The third-order valence-electron chi connectivity index (χ3n) is 3.04. The van der Waals surface area contributed by atoms with Crippen LogP contribution in [0.1, 0.15) is 25.0 Å². The summed E-state index contributed by atoms with van der Waals surface area (Å²) in [6, 6.07) is 3.91. The van der Waals surface area contributed by atoms with Gasteiger partial charge in [-0.05, 0) is 25.2 Å². The molecule has 0 amide bonds. The van der Waals surface area contributed by atoms with E-state index in [0.29, 0.717) is 13.4 Å². The summed E-state index contributed by atoms with van der Waals surface area (Å²) in [5.41, 5.74) is 2.20. The first-order chi connectivity index (χ1) is 8.24. The van der Waals surface area contributed by atoms with Gasteiger partial charge in [0, 0.05) is 22.7 Å². The van der Waals surface area contributed by atoms with Gasteiger partial charge in [-0.3, -0.25) is 4.90 Å². The molecule has 0 atom stereocenters. The SMILES string of the molecule is CCN(CC)Cc1cc(Cl)cc2c1OCOC2. The standard InChI is InChI=1S/C13H18ClNO2/c1-3-15(4-2)7-10-5-12(14)6-11-8-16-9-17-13(10)11/h5-6H,3-4,7-9H2,1-2H3. The molecule has 3 nitrogen and oxygen atoms in total. The van der Waals surface area contributed by atoms with Crippen molar-refractivity contribution in [3.8, 4) is 5.75 Å². The molecule has 0 aromatic heterocycles. The maximum Gasteiger partial charge on any atom is 0.189 e. The fourth-order valence-electron chi connectivity index (χ4n) is 2.06. The summed E-state index contributed by atoms with van der Waals surface area (Å²) in [6.07, 6.45) is 0. The maximum atomic E-state index is 6.12. The Morgan fingerprint density at radius 2 is 2.06 bits per heavy atom. The largest absolute Gasteiger partial charge is 0.467 e. The number of ether oxygens (including phenoxy) is 2. The average Bonchev–Trinajstić information content (AvgIpc) is 2.35. The van der Waals surface area contributed by atoms with Crippen molar-refractivity contribution in [1.82, 2.24) is 4.90 Å². The Hall–Kier alpha value is -0.770. The van der Waals surface area contributed by atoms with Crippen molar-refractivity contribution < 1.29 is 9.47 Å².